The zero-order valence-electron chi connectivity index (χ0n) is 11.4. The largest absolute Gasteiger partial charge is 0.416 e. The molecule has 0 heterocycles. The lowest BCUT2D eigenvalue weighted by molar-refractivity contribution is -0.137. The molecule has 0 radical (unpaired) electrons. The van der Waals surface area contributed by atoms with E-state index in [2.05, 4.69) is 5.32 Å². The molecule has 0 bridgehead atoms. The maximum atomic E-state index is 12.4. The first kappa shape index (κ1) is 16.3. The van der Waals surface area contributed by atoms with E-state index in [0.29, 0.717) is 18.7 Å². The molecule has 0 fully saturated rings. The smallest absolute Gasteiger partial charge is 0.330 e. The van der Waals surface area contributed by atoms with Crippen molar-refractivity contribution in [2.24, 2.45) is 5.73 Å². The Balaban J connectivity index is 2.67. The highest BCUT2D eigenvalue weighted by molar-refractivity contribution is 5.89. The van der Waals surface area contributed by atoms with Crippen LogP contribution in [0, 0.1) is 0 Å². The highest BCUT2D eigenvalue weighted by atomic mass is 19.4. The number of urea groups is 1. The number of benzene rings is 1. The fourth-order valence-corrected chi connectivity index (χ4v) is 1.59. The number of carbonyl (C=O) groups excluding carboxylic acids is 1. The van der Waals surface area contributed by atoms with Crippen LogP contribution in [0.15, 0.2) is 24.3 Å². The molecule has 112 valence electrons. The Hall–Kier alpha value is -1.76. The van der Waals surface area contributed by atoms with Crippen LogP contribution in [0.1, 0.15) is 18.9 Å². The molecule has 1 aromatic rings. The molecule has 0 spiro atoms. The molecule has 3 N–H and O–H groups in total. The van der Waals surface area contributed by atoms with Crippen LogP contribution in [0.25, 0.3) is 0 Å². The first-order valence-electron chi connectivity index (χ1n) is 6.17. The van der Waals surface area contributed by atoms with Gasteiger partial charge >= 0.3 is 12.2 Å². The lowest BCUT2D eigenvalue weighted by Gasteiger charge is -2.24. The fraction of sp³-hybridized carbons (Fsp3) is 0.462. The number of carbonyl (C=O) groups is 1. The van der Waals surface area contributed by atoms with Crippen molar-refractivity contribution in [1.29, 1.82) is 0 Å². The molecule has 0 aliphatic carbocycles. The van der Waals surface area contributed by atoms with Gasteiger partial charge in [0.25, 0.3) is 0 Å². The topological polar surface area (TPSA) is 58.4 Å². The van der Waals surface area contributed by atoms with Gasteiger partial charge in [0.1, 0.15) is 0 Å². The van der Waals surface area contributed by atoms with Crippen LogP contribution in [0.3, 0.4) is 0 Å². The Kier molecular flexibility index (Phi) is 5.38. The summed E-state index contributed by atoms with van der Waals surface area (Å²) >= 11 is 0. The zero-order valence-corrected chi connectivity index (χ0v) is 11.4. The van der Waals surface area contributed by atoms with Crippen molar-refractivity contribution in [3.05, 3.63) is 29.8 Å². The molecule has 0 aliphatic heterocycles. The number of nitrogens with one attached hydrogen (secondary N) is 1. The van der Waals surface area contributed by atoms with E-state index in [9.17, 15) is 18.0 Å². The molecule has 20 heavy (non-hydrogen) atoms. The first-order chi connectivity index (χ1) is 9.25. The number of rotatable bonds is 4. The summed E-state index contributed by atoms with van der Waals surface area (Å²) in [6.07, 6.45) is -3.73. The number of alkyl halides is 3. The predicted molar refractivity (Wildman–Crippen MR) is 71.4 cm³/mol. The summed E-state index contributed by atoms with van der Waals surface area (Å²) in [6.45, 7) is 2.30. The quantitative estimate of drug-likeness (QED) is 0.895. The highest BCUT2D eigenvalue weighted by Gasteiger charge is 2.30. The van der Waals surface area contributed by atoms with E-state index in [1.165, 1.54) is 17.0 Å². The second-order valence-corrected chi connectivity index (χ2v) is 4.54. The van der Waals surface area contributed by atoms with Gasteiger partial charge in [-0.2, -0.15) is 13.2 Å². The van der Waals surface area contributed by atoms with Gasteiger partial charge in [-0.05, 0) is 44.2 Å². The van der Waals surface area contributed by atoms with Gasteiger partial charge in [0.15, 0.2) is 0 Å². The molecule has 1 unspecified atom stereocenters. The Labute approximate surface area is 115 Å². The van der Waals surface area contributed by atoms with Gasteiger partial charge in [-0.1, -0.05) is 0 Å². The molecular weight excluding hydrogens is 271 g/mol. The first-order valence-corrected chi connectivity index (χ1v) is 6.17. The number of halogens is 3. The minimum Gasteiger partial charge on any atom is -0.330 e. The lowest BCUT2D eigenvalue weighted by atomic mass is 10.2. The minimum atomic E-state index is -4.38. The molecule has 0 saturated carbocycles. The van der Waals surface area contributed by atoms with E-state index >= 15 is 0 Å². The molecule has 0 aliphatic rings. The van der Waals surface area contributed by atoms with E-state index < -0.39 is 11.7 Å². The number of amides is 2. The summed E-state index contributed by atoms with van der Waals surface area (Å²) in [5.41, 5.74) is 4.98. The van der Waals surface area contributed by atoms with Crippen molar-refractivity contribution >= 4 is 11.7 Å². The van der Waals surface area contributed by atoms with Gasteiger partial charge in [0.2, 0.25) is 0 Å². The number of anilines is 1. The zero-order chi connectivity index (χ0) is 15.3. The number of nitrogens with zero attached hydrogens (tertiary/aromatic N) is 1. The lowest BCUT2D eigenvalue weighted by Crippen LogP contribution is -2.39. The van der Waals surface area contributed by atoms with Crippen LogP contribution in [0.2, 0.25) is 0 Å². The Morgan fingerprint density at radius 3 is 2.35 bits per heavy atom. The van der Waals surface area contributed by atoms with Gasteiger partial charge < -0.3 is 16.0 Å². The number of hydrogen-bond donors (Lipinski definition) is 2. The third kappa shape index (κ3) is 4.41. The molecule has 0 aromatic heterocycles. The third-order valence-electron chi connectivity index (χ3n) is 3.03. The molecule has 0 saturated heterocycles. The van der Waals surface area contributed by atoms with Crippen molar-refractivity contribution in [2.75, 3.05) is 18.9 Å². The summed E-state index contributed by atoms with van der Waals surface area (Å²) in [4.78, 5) is 13.3. The Morgan fingerprint density at radius 2 is 1.90 bits per heavy atom. The van der Waals surface area contributed by atoms with Crippen molar-refractivity contribution in [2.45, 2.75) is 25.6 Å². The van der Waals surface area contributed by atoms with Gasteiger partial charge in [0.05, 0.1) is 5.56 Å². The number of hydrogen-bond acceptors (Lipinski definition) is 2. The molecular formula is C13H18F3N3O. The normalized spacial score (nSPS) is 12.9. The Bertz CT molecular complexity index is 445. The van der Waals surface area contributed by atoms with Gasteiger partial charge in [-0.3, -0.25) is 0 Å². The van der Waals surface area contributed by atoms with Gasteiger partial charge in [-0.15, -0.1) is 0 Å². The highest BCUT2D eigenvalue weighted by Crippen LogP contribution is 2.29. The molecule has 7 heteroatoms. The van der Waals surface area contributed by atoms with Crippen molar-refractivity contribution in [3.8, 4) is 0 Å². The van der Waals surface area contributed by atoms with Crippen LogP contribution >= 0.6 is 0 Å². The standard InChI is InChI=1S/C13H18F3N3O/c1-9(7-8-17)19(2)12(20)18-11-5-3-10(4-6-11)13(14,15)16/h3-6,9H,7-8,17H2,1-2H3,(H,18,20). The maximum absolute atomic E-state index is 12.4. The minimum absolute atomic E-state index is 0.0468. The SMILES string of the molecule is CC(CCN)N(C)C(=O)Nc1ccc(C(F)(F)F)cc1. The second kappa shape index (κ2) is 6.60. The van der Waals surface area contributed by atoms with Crippen molar-refractivity contribution in [3.63, 3.8) is 0 Å². The monoisotopic (exact) mass is 289 g/mol. The van der Waals surface area contributed by atoms with Crippen LogP contribution in [-0.4, -0.2) is 30.6 Å². The molecule has 1 atom stereocenters. The van der Waals surface area contributed by atoms with Crippen LogP contribution < -0.4 is 11.1 Å². The van der Waals surface area contributed by atoms with Crippen LogP contribution in [0.5, 0.6) is 0 Å². The fourth-order valence-electron chi connectivity index (χ4n) is 1.59. The number of nitrogens with two attached hydrogens (primary N) is 1. The van der Waals surface area contributed by atoms with E-state index in [-0.39, 0.29) is 12.1 Å². The van der Waals surface area contributed by atoms with Crippen molar-refractivity contribution in [1.82, 2.24) is 4.90 Å². The van der Waals surface area contributed by atoms with Crippen LogP contribution in [0.4, 0.5) is 23.7 Å². The average molecular weight is 289 g/mol. The van der Waals surface area contributed by atoms with Gasteiger partial charge in [-0.25, -0.2) is 4.79 Å². The van der Waals surface area contributed by atoms with E-state index in [1.807, 2.05) is 6.92 Å². The van der Waals surface area contributed by atoms with E-state index in [1.54, 1.807) is 7.05 Å². The maximum Gasteiger partial charge on any atom is 0.416 e. The van der Waals surface area contributed by atoms with Gasteiger partial charge in [0, 0.05) is 18.8 Å². The average Bonchev–Trinajstić information content (AvgIpc) is 2.37. The molecule has 1 aromatic carbocycles. The second-order valence-electron chi connectivity index (χ2n) is 4.54. The summed E-state index contributed by atoms with van der Waals surface area (Å²) in [5.74, 6) is 0. The van der Waals surface area contributed by atoms with Crippen molar-refractivity contribution < 1.29 is 18.0 Å². The summed E-state index contributed by atoms with van der Waals surface area (Å²) in [7, 11) is 1.61. The molecule has 1 rings (SSSR count). The predicted octanol–water partition coefficient (Wildman–Crippen LogP) is 2.91. The summed E-state index contributed by atoms with van der Waals surface area (Å²) in [6, 6.07) is 3.88. The Morgan fingerprint density at radius 1 is 1.35 bits per heavy atom. The summed E-state index contributed by atoms with van der Waals surface area (Å²) < 4.78 is 37.2. The van der Waals surface area contributed by atoms with E-state index in [0.717, 1.165) is 12.1 Å². The van der Waals surface area contributed by atoms with E-state index in [4.69, 9.17) is 5.73 Å². The molecule has 4 nitrogen and oxygen atoms in total. The molecule has 2 amide bonds. The summed E-state index contributed by atoms with van der Waals surface area (Å²) in [5, 5.41) is 2.54. The van der Waals surface area contributed by atoms with Crippen LogP contribution in [-0.2, 0) is 6.18 Å². The third-order valence-corrected chi connectivity index (χ3v) is 3.03.